The van der Waals surface area contributed by atoms with E-state index in [1.54, 1.807) is 11.4 Å². The number of fused-ring (bicyclic) bond motifs is 1. The Balaban J connectivity index is 1.61. The summed E-state index contributed by atoms with van der Waals surface area (Å²) in [6, 6.07) is 9.21. The van der Waals surface area contributed by atoms with E-state index in [1.807, 2.05) is 0 Å². The fraction of sp³-hybridized carbons (Fsp3) is 0.100. The number of non-ortho nitro benzene ring substituents is 1. The van der Waals surface area contributed by atoms with Crippen molar-refractivity contribution < 1.29 is 23.7 Å². The lowest BCUT2D eigenvalue weighted by molar-refractivity contribution is -0.384. The van der Waals surface area contributed by atoms with Crippen molar-refractivity contribution in [1.82, 2.24) is 9.88 Å². The number of nitrogens with zero attached hydrogens (tertiary/aromatic N) is 4. The molecule has 0 saturated heterocycles. The summed E-state index contributed by atoms with van der Waals surface area (Å²) in [4.78, 5) is 54.0. The molecule has 0 aliphatic carbocycles. The van der Waals surface area contributed by atoms with E-state index >= 15 is 0 Å². The molecule has 3 amide bonds. The second-order valence-electron chi connectivity index (χ2n) is 6.61. The number of anilines is 2. The van der Waals surface area contributed by atoms with Crippen LogP contribution < -0.4 is 4.90 Å². The molecule has 31 heavy (non-hydrogen) atoms. The summed E-state index contributed by atoms with van der Waals surface area (Å²) in [5, 5.41) is 12.7. The molecule has 2 heterocycles. The average molecular weight is 440 g/mol. The summed E-state index contributed by atoms with van der Waals surface area (Å²) in [5.74, 6) is -2.33. The molecule has 0 bridgehead atoms. The molecule has 0 radical (unpaired) electrons. The van der Waals surface area contributed by atoms with E-state index in [4.69, 9.17) is 0 Å². The van der Waals surface area contributed by atoms with Crippen LogP contribution >= 0.6 is 11.3 Å². The number of thiazole rings is 1. The number of imide groups is 1. The van der Waals surface area contributed by atoms with Crippen LogP contribution in [0.3, 0.4) is 0 Å². The molecule has 0 unspecified atom stereocenters. The summed E-state index contributed by atoms with van der Waals surface area (Å²) >= 11 is 1.05. The number of rotatable bonds is 5. The molecule has 4 rings (SSSR count). The Morgan fingerprint density at radius 3 is 2.58 bits per heavy atom. The first-order valence-electron chi connectivity index (χ1n) is 8.92. The highest BCUT2D eigenvalue weighted by Gasteiger charge is 2.37. The van der Waals surface area contributed by atoms with Crippen LogP contribution in [0, 0.1) is 15.9 Å². The van der Waals surface area contributed by atoms with Crippen molar-refractivity contribution in [3.05, 3.63) is 80.6 Å². The van der Waals surface area contributed by atoms with Crippen molar-refractivity contribution in [2.75, 3.05) is 4.90 Å². The van der Waals surface area contributed by atoms with Gasteiger partial charge in [0.15, 0.2) is 5.13 Å². The van der Waals surface area contributed by atoms with Crippen LogP contribution in [0.4, 0.5) is 20.9 Å². The van der Waals surface area contributed by atoms with Crippen molar-refractivity contribution in [2.45, 2.75) is 13.5 Å². The summed E-state index contributed by atoms with van der Waals surface area (Å²) in [6.07, 6.45) is 0. The number of benzene rings is 2. The van der Waals surface area contributed by atoms with Crippen molar-refractivity contribution in [3.63, 3.8) is 0 Å². The zero-order valence-corrected chi connectivity index (χ0v) is 16.8. The lowest BCUT2D eigenvalue weighted by Gasteiger charge is -2.18. The van der Waals surface area contributed by atoms with Crippen LogP contribution in [0.1, 0.15) is 33.3 Å². The number of carbonyl (C=O) groups excluding carboxylic acids is 3. The fourth-order valence-electron chi connectivity index (χ4n) is 3.21. The van der Waals surface area contributed by atoms with Crippen molar-refractivity contribution in [3.8, 4) is 0 Å². The minimum atomic E-state index is -0.671. The van der Waals surface area contributed by atoms with Gasteiger partial charge in [-0.2, -0.15) is 0 Å². The summed E-state index contributed by atoms with van der Waals surface area (Å²) < 4.78 is 14.2. The van der Waals surface area contributed by atoms with Gasteiger partial charge in [-0.25, -0.2) is 9.37 Å². The third kappa shape index (κ3) is 3.55. The van der Waals surface area contributed by atoms with Crippen LogP contribution in [-0.2, 0) is 11.3 Å². The Bertz CT molecular complexity index is 1260. The lowest BCUT2D eigenvalue weighted by atomic mass is 10.1. The number of aromatic nitrogens is 1. The first-order chi connectivity index (χ1) is 14.8. The van der Waals surface area contributed by atoms with Crippen LogP contribution in [0.5, 0.6) is 0 Å². The Hall–Kier alpha value is -3.99. The fourth-order valence-corrected chi connectivity index (χ4v) is 4.08. The van der Waals surface area contributed by atoms with Gasteiger partial charge in [-0.05, 0) is 18.2 Å². The van der Waals surface area contributed by atoms with E-state index in [-0.39, 0.29) is 34.2 Å². The van der Waals surface area contributed by atoms with Gasteiger partial charge in [0.25, 0.3) is 17.5 Å². The molecule has 156 valence electrons. The van der Waals surface area contributed by atoms with E-state index in [0.717, 1.165) is 33.3 Å². The van der Waals surface area contributed by atoms with E-state index < -0.39 is 28.5 Å². The highest BCUT2D eigenvalue weighted by atomic mass is 32.1. The number of hydrogen-bond acceptors (Lipinski definition) is 7. The number of nitro benzene ring substituents is 1. The number of para-hydroxylation sites is 1. The minimum Gasteiger partial charge on any atom is -0.274 e. The number of halogens is 1. The molecular formula is C20H13FN4O5S. The molecule has 1 aromatic heterocycles. The Labute approximate surface area is 178 Å². The van der Waals surface area contributed by atoms with E-state index in [0.29, 0.717) is 5.69 Å². The van der Waals surface area contributed by atoms with Gasteiger partial charge in [-0.3, -0.25) is 34.3 Å². The Morgan fingerprint density at radius 2 is 1.90 bits per heavy atom. The second kappa shape index (κ2) is 7.69. The van der Waals surface area contributed by atoms with Crippen LogP contribution in [0.15, 0.2) is 47.8 Å². The standard InChI is InChI=1S/C20H13FN4O5S/c1-11(26)24(17-5-3-2-4-16(17)21)20-22-12(10-31-20)9-23-18(27)14-7-6-13(25(29)30)8-15(14)19(23)28/h2-8,10H,9H2,1H3. The van der Waals surface area contributed by atoms with E-state index in [2.05, 4.69) is 4.98 Å². The molecule has 0 fully saturated rings. The van der Waals surface area contributed by atoms with Gasteiger partial charge in [0, 0.05) is 24.4 Å². The molecule has 2 aromatic carbocycles. The van der Waals surface area contributed by atoms with Gasteiger partial charge in [0.2, 0.25) is 5.91 Å². The van der Waals surface area contributed by atoms with Crippen LogP contribution in [-0.4, -0.2) is 32.5 Å². The van der Waals surface area contributed by atoms with Gasteiger partial charge < -0.3 is 0 Å². The smallest absolute Gasteiger partial charge is 0.270 e. The third-order valence-electron chi connectivity index (χ3n) is 4.62. The predicted molar refractivity (Wildman–Crippen MR) is 109 cm³/mol. The highest BCUT2D eigenvalue weighted by molar-refractivity contribution is 7.14. The van der Waals surface area contributed by atoms with Gasteiger partial charge in [-0.1, -0.05) is 12.1 Å². The zero-order chi connectivity index (χ0) is 22.3. The second-order valence-corrected chi connectivity index (χ2v) is 7.45. The average Bonchev–Trinajstić information content (AvgIpc) is 3.28. The highest BCUT2D eigenvalue weighted by Crippen LogP contribution is 2.32. The molecule has 0 atom stereocenters. The van der Waals surface area contributed by atoms with Gasteiger partial charge in [0.05, 0.1) is 34.0 Å². The molecule has 0 N–H and O–H groups in total. The molecular weight excluding hydrogens is 427 g/mol. The lowest BCUT2D eigenvalue weighted by Crippen LogP contribution is -2.29. The molecule has 3 aromatic rings. The summed E-state index contributed by atoms with van der Waals surface area (Å²) in [7, 11) is 0. The summed E-state index contributed by atoms with van der Waals surface area (Å²) in [6.45, 7) is 1.07. The number of nitro groups is 1. The molecule has 1 aliphatic rings. The van der Waals surface area contributed by atoms with Gasteiger partial charge >= 0.3 is 0 Å². The first kappa shape index (κ1) is 20.3. The SMILES string of the molecule is CC(=O)N(c1nc(CN2C(=O)c3ccc([N+](=O)[O-])cc3C2=O)cs1)c1ccccc1F. The van der Waals surface area contributed by atoms with Crippen molar-refractivity contribution >= 4 is 45.6 Å². The maximum Gasteiger partial charge on any atom is 0.270 e. The topological polar surface area (TPSA) is 114 Å². The van der Waals surface area contributed by atoms with Crippen molar-refractivity contribution in [2.24, 2.45) is 0 Å². The molecule has 11 heteroatoms. The normalized spacial score (nSPS) is 12.8. The zero-order valence-electron chi connectivity index (χ0n) is 15.9. The predicted octanol–water partition coefficient (Wildman–Crippen LogP) is 3.67. The Morgan fingerprint density at radius 1 is 1.19 bits per heavy atom. The molecule has 0 saturated carbocycles. The third-order valence-corrected chi connectivity index (χ3v) is 5.50. The van der Waals surface area contributed by atoms with E-state index in [9.17, 15) is 28.9 Å². The van der Waals surface area contributed by atoms with Crippen LogP contribution in [0.25, 0.3) is 0 Å². The van der Waals surface area contributed by atoms with Crippen LogP contribution in [0.2, 0.25) is 0 Å². The summed E-state index contributed by atoms with van der Waals surface area (Å²) in [5.41, 5.74) is 0.0735. The quantitative estimate of drug-likeness (QED) is 0.340. The maximum atomic E-state index is 14.2. The molecule has 0 spiro atoms. The van der Waals surface area contributed by atoms with E-state index in [1.165, 1.54) is 31.2 Å². The van der Waals surface area contributed by atoms with Crippen molar-refractivity contribution in [1.29, 1.82) is 0 Å². The first-order valence-corrected chi connectivity index (χ1v) is 9.80. The minimum absolute atomic E-state index is 0.0314. The van der Waals surface area contributed by atoms with Gasteiger partial charge in [0.1, 0.15) is 5.82 Å². The Kier molecular flexibility index (Phi) is 5.03. The molecule has 1 aliphatic heterocycles. The largest absolute Gasteiger partial charge is 0.274 e. The number of carbonyl (C=O) groups is 3. The monoisotopic (exact) mass is 440 g/mol. The number of hydrogen-bond donors (Lipinski definition) is 0. The molecule has 9 nitrogen and oxygen atoms in total. The van der Waals surface area contributed by atoms with Gasteiger partial charge in [-0.15, -0.1) is 11.3 Å². The maximum absolute atomic E-state index is 14.2. The number of amides is 3.